The van der Waals surface area contributed by atoms with Gasteiger partial charge in [0.05, 0.1) is 0 Å². The van der Waals surface area contributed by atoms with Crippen LogP contribution in [0.3, 0.4) is 0 Å². The van der Waals surface area contributed by atoms with Crippen LogP contribution < -0.4 is 5.32 Å². The molecule has 0 radical (unpaired) electrons. The molecule has 0 spiro atoms. The molecule has 1 unspecified atom stereocenters. The maximum atomic E-state index is 4.03. The number of aromatic nitrogens is 2. The van der Waals surface area contributed by atoms with Crippen LogP contribution in [0.25, 0.3) is 0 Å². The fourth-order valence-corrected chi connectivity index (χ4v) is 3.00. The summed E-state index contributed by atoms with van der Waals surface area (Å²) in [5.74, 6) is 2.48. The Labute approximate surface area is 80.0 Å². The van der Waals surface area contributed by atoms with Gasteiger partial charge < -0.3 is 5.32 Å². The first-order valence-electron chi connectivity index (χ1n) is 3.99. The van der Waals surface area contributed by atoms with Crippen molar-refractivity contribution in [2.75, 3.05) is 16.8 Å². The first-order valence-corrected chi connectivity index (χ1v) is 5.96. The summed E-state index contributed by atoms with van der Waals surface area (Å²) in [4.78, 5) is 0. The number of rotatable bonds is 2. The van der Waals surface area contributed by atoms with Gasteiger partial charge in [0.2, 0.25) is 5.13 Å². The van der Waals surface area contributed by atoms with Crippen LogP contribution in [0.4, 0.5) is 5.13 Å². The van der Waals surface area contributed by atoms with E-state index in [2.05, 4.69) is 15.5 Å². The Kier molecular flexibility index (Phi) is 2.51. The van der Waals surface area contributed by atoms with Crippen molar-refractivity contribution in [2.24, 2.45) is 0 Å². The smallest absolute Gasteiger partial charge is 0.205 e. The summed E-state index contributed by atoms with van der Waals surface area (Å²) in [6.07, 6.45) is 1.25. The molecule has 1 aliphatic rings. The number of nitrogens with one attached hydrogen (secondary N) is 1. The van der Waals surface area contributed by atoms with E-state index >= 15 is 0 Å². The number of aryl methyl sites for hydroxylation is 1. The van der Waals surface area contributed by atoms with Crippen molar-refractivity contribution < 1.29 is 0 Å². The lowest BCUT2D eigenvalue weighted by Crippen LogP contribution is -2.17. The average molecular weight is 201 g/mol. The van der Waals surface area contributed by atoms with Gasteiger partial charge in [0.1, 0.15) is 5.01 Å². The van der Waals surface area contributed by atoms with Crippen molar-refractivity contribution in [3.8, 4) is 0 Å². The predicted octanol–water partition coefficient (Wildman–Crippen LogP) is 1.76. The zero-order valence-electron chi connectivity index (χ0n) is 6.91. The molecule has 1 aliphatic heterocycles. The van der Waals surface area contributed by atoms with E-state index in [0.29, 0.717) is 6.04 Å². The third kappa shape index (κ3) is 1.90. The van der Waals surface area contributed by atoms with Crippen LogP contribution in [0.5, 0.6) is 0 Å². The molecule has 3 nitrogen and oxygen atoms in total. The maximum absolute atomic E-state index is 4.03. The van der Waals surface area contributed by atoms with E-state index in [0.717, 1.165) is 10.1 Å². The Hall–Kier alpha value is -0.290. The van der Waals surface area contributed by atoms with E-state index < -0.39 is 0 Å². The third-order valence-corrected chi connectivity index (χ3v) is 3.72. The van der Waals surface area contributed by atoms with Gasteiger partial charge >= 0.3 is 0 Å². The highest BCUT2D eigenvalue weighted by atomic mass is 32.2. The minimum atomic E-state index is 0.613. The number of nitrogens with zero attached hydrogens (tertiary/aromatic N) is 2. The number of thioether (sulfide) groups is 1. The summed E-state index contributed by atoms with van der Waals surface area (Å²) in [6, 6.07) is 0.613. The summed E-state index contributed by atoms with van der Waals surface area (Å²) in [5.41, 5.74) is 0. The van der Waals surface area contributed by atoms with Gasteiger partial charge in [-0.2, -0.15) is 11.8 Å². The Balaban J connectivity index is 1.94. The Bertz CT molecular complexity index is 255. The van der Waals surface area contributed by atoms with E-state index in [9.17, 15) is 0 Å². The van der Waals surface area contributed by atoms with Gasteiger partial charge in [0.15, 0.2) is 0 Å². The molecule has 5 heteroatoms. The monoisotopic (exact) mass is 201 g/mol. The molecule has 1 aromatic rings. The summed E-state index contributed by atoms with van der Waals surface area (Å²) in [7, 11) is 0. The van der Waals surface area contributed by atoms with Gasteiger partial charge in [0, 0.05) is 11.8 Å². The van der Waals surface area contributed by atoms with E-state index in [1.54, 1.807) is 11.3 Å². The Morgan fingerprint density at radius 2 is 2.42 bits per heavy atom. The molecule has 1 aromatic heterocycles. The zero-order chi connectivity index (χ0) is 8.39. The molecule has 1 saturated heterocycles. The Morgan fingerprint density at radius 1 is 1.50 bits per heavy atom. The molecule has 2 heterocycles. The largest absolute Gasteiger partial charge is 0.356 e. The molecule has 0 amide bonds. The molecule has 0 saturated carbocycles. The van der Waals surface area contributed by atoms with Gasteiger partial charge in [-0.25, -0.2) is 0 Å². The van der Waals surface area contributed by atoms with E-state index in [1.807, 2.05) is 18.7 Å². The van der Waals surface area contributed by atoms with Crippen LogP contribution in [0.1, 0.15) is 11.4 Å². The van der Waals surface area contributed by atoms with Crippen LogP contribution in [0.2, 0.25) is 0 Å². The van der Waals surface area contributed by atoms with Gasteiger partial charge in [0.25, 0.3) is 0 Å². The topological polar surface area (TPSA) is 37.8 Å². The third-order valence-electron chi connectivity index (χ3n) is 1.78. The van der Waals surface area contributed by atoms with E-state index in [-0.39, 0.29) is 0 Å². The number of hydrogen-bond acceptors (Lipinski definition) is 5. The van der Waals surface area contributed by atoms with Gasteiger partial charge in [-0.3, -0.25) is 0 Å². The highest BCUT2D eigenvalue weighted by Gasteiger charge is 2.16. The van der Waals surface area contributed by atoms with Crippen molar-refractivity contribution in [2.45, 2.75) is 19.4 Å². The van der Waals surface area contributed by atoms with Crippen LogP contribution >= 0.6 is 23.1 Å². The lowest BCUT2D eigenvalue weighted by atomic mass is 10.3. The van der Waals surface area contributed by atoms with Crippen molar-refractivity contribution >= 4 is 28.2 Å². The molecule has 12 heavy (non-hydrogen) atoms. The van der Waals surface area contributed by atoms with Crippen molar-refractivity contribution in [1.82, 2.24) is 10.2 Å². The number of hydrogen-bond donors (Lipinski definition) is 1. The molecular formula is C7H11N3S2. The lowest BCUT2D eigenvalue weighted by molar-refractivity contribution is 0.807. The van der Waals surface area contributed by atoms with Crippen molar-refractivity contribution in [3.05, 3.63) is 5.01 Å². The van der Waals surface area contributed by atoms with Crippen LogP contribution in [0, 0.1) is 6.92 Å². The molecule has 1 atom stereocenters. The normalized spacial score (nSPS) is 22.9. The quantitative estimate of drug-likeness (QED) is 0.791. The summed E-state index contributed by atoms with van der Waals surface area (Å²) < 4.78 is 0. The van der Waals surface area contributed by atoms with Gasteiger partial charge in [-0.15, -0.1) is 10.2 Å². The summed E-state index contributed by atoms with van der Waals surface area (Å²) in [5, 5.41) is 13.4. The SMILES string of the molecule is Cc1nnc(NC2CCSC2)s1. The highest BCUT2D eigenvalue weighted by Crippen LogP contribution is 2.22. The molecule has 2 rings (SSSR count). The minimum Gasteiger partial charge on any atom is -0.356 e. The molecule has 0 aliphatic carbocycles. The summed E-state index contributed by atoms with van der Waals surface area (Å²) in [6.45, 7) is 1.98. The zero-order valence-corrected chi connectivity index (χ0v) is 8.54. The molecule has 0 bridgehead atoms. The van der Waals surface area contributed by atoms with E-state index in [1.165, 1.54) is 17.9 Å². The molecular weight excluding hydrogens is 190 g/mol. The van der Waals surface area contributed by atoms with Crippen molar-refractivity contribution in [1.29, 1.82) is 0 Å². The second kappa shape index (κ2) is 3.62. The maximum Gasteiger partial charge on any atom is 0.205 e. The van der Waals surface area contributed by atoms with Crippen LogP contribution in [-0.2, 0) is 0 Å². The molecule has 1 N–H and O–H groups in total. The average Bonchev–Trinajstić information content (AvgIpc) is 2.63. The van der Waals surface area contributed by atoms with Crippen LogP contribution in [0.15, 0.2) is 0 Å². The summed E-state index contributed by atoms with van der Waals surface area (Å²) >= 11 is 3.63. The van der Waals surface area contributed by atoms with E-state index in [4.69, 9.17) is 0 Å². The first-order chi connectivity index (χ1) is 5.84. The lowest BCUT2D eigenvalue weighted by Gasteiger charge is -2.07. The first kappa shape index (κ1) is 8.31. The molecule has 1 fully saturated rings. The number of anilines is 1. The molecule has 0 aromatic carbocycles. The van der Waals surface area contributed by atoms with Crippen molar-refractivity contribution in [3.63, 3.8) is 0 Å². The highest BCUT2D eigenvalue weighted by molar-refractivity contribution is 7.99. The second-order valence-electron chi connectivity index (χ2n) is 2.83. The van der Waals surface area contributed by atoms with Crippen LogP contribution in [-0.4, -0.2) is 27.7 Å². The predicted molar refractivity (Wildman–Crippen MR) is 54.0 cm³/mol. The minimum absolute atomic E-state index is 0.613. The van der Waals surface area contributed by atoms with Gasteiger partial charge in [-0.05, 0) is 19.1 Å². The standard InChI is InChI=1S/C7H11N3S2/c1-5-9-10-7(12-5)8-6-2-3-11-4-6/h6H,2-4H2,1H3,(H,8,10). The second-order valence-corrected chi connectivity index (χ2v) is 5.16. The fourth-order valence-electron chi connectivity index (χ4n) is 1.18. The van der Waals surface area contributed by atoms with Gasteiger partial charge in [-0.1, -0.05) is 11.3 Å². The Morgan fingerprint density at radius 3 is 3.00 bits per heavy atom. The molecule has 66 valence electrons. The fraction of sp³-hybridized carbons (Fsp3) is 0.714.